The van der Waals surface area contributed by atoms with Crippen LogP contribution in [0, 0.1) is 0 Å². The molecule has 0 radical (unpaired) electrons. The molecule has 0 aromatic carbocycles. The van der Waals surface area contributed by atoms with Crippen LogP contribution in [0.3, 0.4) is 0 Å². The molecule has 7 heteroatoms. The molecule has 0 aromatic heterocycles. The maximum atomic E-state index is 10.5. The Hall–Kier alpha value is -0.730. The molecule has 1 aliphatic heterocycles. The van der Waals surface area contributed by atoms with Crippen LogP contribution in [0.4, 0.5) is 0 Å². The predicted octanol–water partition coefficient (Wildman–Crippen LogP) is -2.74. The smallest absolute Gasteiger partial charge is 0.364 e. The SMILES string of the molecule is O=C(O)[C@@]1(O)CC(O)[C@@H](O)C(CO)O1. The topological polar surface area (TPSA) is 127 Å². The molecule has 4 atom stereocenters. The molecule has 0 saturated carbocycles. The summed E-state index contributed by atoms with van der Waals surface area (Å²) in [6, 6.07) is 0. The molecular formula is C7H12O7. The quantitative estimate of drug-likeness (QED) is 0.333. The van der Waals surface area contributed by atoms with E-state index in [1.54, 1.807) is 0 Å². The fraction of sp³-hybridized carbons (Fsp3) is 0.857. The van der Waals surface area contributed by atoms with Crippen molar-refractivity contribution in [3.05, 3.63) is 0 Å². The lowest BCUT2D eigenvalue weighted by Gasteiger charge is -2.39. The Morgan fingerprint density at radius 1 is 1.50 bits per heavy atom. The molecule has 2 unspecified atom stereocenters. The Morgan fingerprint density at radius 3 is 2.50 bits per heavy atom. The highest BCUT2D eigenvalue weighted by molar-refractivity contribution is 5.75. The Bertz CT molecular complexity index is 230. The van der Waals surface area contributed by atoms with Crippen molar-refractivity contribution in [2.24, 2.45) is 0 Å². The van der Waals surface area contributed by atoms with Gasteiger partial charge >= 0.3 is 5.97 Å². The predicted molar refractivity (Wildman–Crippen MR) is 41.2 cm³/mol. The van der Waals surface area contributed by atoms with Gasteiger partial charge in [0.05, 0.1) is 12.7 Å². The largest absolute Gasteiger partial charge is 0.477 e. The number of carboxylic acids is 1. The third-order valence-electron chi connectivity index (χ3n) is 2.12. The summed E-state index contributed by atoms with van der Waals surface area (Å²) in [5, 5.41) is 45.0. The van der Waals surface area contributed by atoms with Gasteiger partial charge in [-0.2, -0.15) is 0 Å². The van der Waals surface area contributed by atoms with Crippen molar-refractivity contribution in [3.8, 4) is 0 Å². The van der Waals surface area contributed by atoms with Crippen LogP contribution in [-0.2, 0) is 9.53 Å². The van der Waals surface area contributed by atoms with Crippen molar-refractivity contribution in [1.29, 1.82) is 0 Å². The van der Waals surface area contributed by atoms with E-state index in [9.17, 15) is 20.1 Å². The highest BCUT2D eigenvalue weighted by Crippen LogP contribution is 2.27. The second-order valence-electron chi connectivity index (χ2n) is 3.19. The lowest BCUT2D eigenvalue weighted by Crippen LogP contribution is -2.59. The highest BCUT2D eigenvalue weighted by Gasteiger charge is 2.50. The molecule has 0 bridgehead atoms. The number of rotatable bonds is 2. The highest BCUT2D eigenvalue weighted by atomic mass is 16.7. The van der Waals surface area contributed by atoms with E-state index in [-0.39, 0.29) is 0 Å². The van der Waals surface area contributed by atoms with Crippen LogP contribution in [0.1, 0.15) is 6.42 Å². The Balaban J connectivity index is 2.81. The van der Waals surface area contributed by atoms with Crippen LogP contribution in [0.5, 0.6) is 0 Å². The second kappa shape index (κ2) is 3.79. The summed E-state index contributed by atoms with van der Waals surface area (Å²) < 4.78 is 4.56. The number of aliphatic carboxylic acids is 1. The summed E-state index contributed by atoms with van der Waals surface area (Å²) in [6.07, 6.45) is -4.79. The molecule has 0 spiro atoms. The van der Waals surface area contributed by atoms with E-state index in [1.807, 2.05) is 0 Å². The van der Waals surface area contributed by atoms with Gasteiger partial charge in [0.15, 0.2) is 0 Å². The number of hydrogen-bond donors (Lipinski definition) is 5. The zero-order valence-corrected chi connectivity index (χ0v) is 7.20. The molecule has 1 saturated heterocycles. The minimum absolute atomic E-state index is 0.639. The van der Waals surface area contributed by atoms with Crippen LogP contribution in [0.25, 0.3) is 0 Å². The summed E-state index contributed by atoms with van der Waals surface area (Å²) in [5.41, 5.74) is 0. The first-order chi connectivity index (χ1) is 6.40. The van der Waals surface area contributed by atoms with Gasteiger partial charge in [-0.3, -0.25) is 0 Å². The summed E-state index contributed by atoms with van der Waals surface area (Å²) in [4.78, 5) is 10.5. The molecule has 1 fully saturated rings. The fourth-order valence-corrected chi connectivity index (χ4v) is 1.30. The summed E-state index contributed by atoms with van der Waals surface area (Å²) >= 11 is 0. The van der Waals surface area contributed by atoms with E-state index < -0.39 is 43.1 Å². The van der Waals surface area contributed by atoms with Crippen molar-refractivity contribution < 1.29 is 35.1 Å². The van der Waals surface area contributed by atoms with E-state index in [1.165, 1.54) is 0 Å². The second-order valence-corrected chi connectivity index (χ2v) is 3.19. The van der Waals surface area contributed by atoms with Gasteiger partial charge in [0, 0.05) is 6.42 Å². The molecule has 0 amide bonds. The molecule has 7 nitrogen and oxygen atoms in total. The molecule has 14 heavy (non-hydrogen) atoms. The number of carboxylic acid groups (broad SMARTS) is 1. The van der Waals surface area contributed by atoms with Crippen LogP contribution in [-0.4, -0.2) is 62.2 Å². The summed E-state index contributed by atoms with van der Waals surface area (Å²) in [6.45, 7) is -0.687. The van der Waals surface area contributed by atoms with Crippen LogP contribution in [0.15, 0.2) is 0 Å². The Kier molecular flexibility index (Phi) is 3.07. The maximum Gasteiger partial charge on any atom is 0.364 e. The molecule has 1 rings (SSSR count). The number of carbonyl (C=O) groups is 1. The first-order valence-electron chi connectivity index (χ1n) is 4.01. The number of ether oxygens (including phenoxy) is 1. The average Bonchev–Trinajstić information content (AvgIpc) is 2.11. The van der Waals surface area contributed by atoms with Crippen molar-refractivity contribution in [3.63, 3.8) is 0 Å². The lowest BCUT2D eigenvalue weighted by molar-refractivity contribution is -0.298. The molecule has 1 aliphatic rings. The third-order valence-corrected chi connectivity index (χ3v) is 2.12. The molecule has 0 aliphatic carbocycles. The van der Waals surface area contributed by atoms with Gasteiger partial charge in [0.2, 0.25) is 0 Å². The minimum atomic E-state index is -2.55. The summed E-state index contributed by atoms with van der Waals surface area (Å²) in [7, 11) is 0. The van der Waals surface area contributed by atoms with Gasteiger partial charge in [-0.15, -0.1) is 0 Å². The van der Waals surface area contributed by atoms with E-state index in [2.05, 4.69) is 4.74 Å². The summed E-state index contributed by atoms with van der Waals surface area (Å²) in [5.74, 6) is -4.21. The monoisotopic (exact) mass is 208 g/mol. The van der Waals surface area contributed by atoms with Gasteiger partial charge < -0.3 is 30.3 Å². The van der Waals surface area contributed by atoms with Crippen LogP contribution < -0.4 is 0 Å². The molecule has 82 valence electrons. The van der Waals surface area contributed by atoms with E-state index in [0.29, 0.717) is 0 Å². The molecule has 0 aromatic rings. The Morgan fingerprint density at radius 2 is 2.07 bits per heavy atom. The zero-order valence-electron chi connectivity index (χ0n) is 7.20. The first-order valence-corrected chi connectivity index (χ1v) is 4.01. The molecule has 1 heterocycles. The van der Waals surface area contributed by atoms with Gasteiger partial charge in [-0.1, -0.05) is 0 Å². The molecule has 5 N–H and O–H groups in total. The van der Waals surface area contributed by atoms with Gasteiger partial charge in [0.25, 0.3) is 5.79 Å². The van der Waals surface area contributed by atoms with Crippen molar-refractivity contribution in [1.82, 2.24) is 0 Å². The van der Waals surface area contributed by atoms with Crippen molar-refractivity contribution in [2.45, 2.75) is 30.5 Å². The van der Waals surface area contributed by atoms with Gasteiger partial charge in [-0.05, 0) is 0 Å². The van der Waals surface area contributed by atoms with Gasteiger partial charge in [0.1, 0.15) is 12.2 Å². The zero-order chi connectivity index (χ0) is 10.9. The normalized spacial score (nSPS) is 43.6. The molecular weight excluding hydrogens is 196 g/mol. The average molecular weight is 208 g/mol. The fourth-order valence-electron chi connectivity index (χ4n) is 1.30. The lowest BCUT2D eigenvalue weighted by atomic mass is 9.96. The standard InChI is InChI=1S/C7H12O7/c8-2-4-5(10)3(9)1-7(13,14-4)6(11)12/h3-5,8-10,13H,1-2H2,(H,11,12)/t3?,4?,5-,7-/m1/s1. The third kappa shape index (κ3) is 1.86. The number of aliphatic hydroxyl groups is 4. The van der Waals surface area contributed by atoms with Crippen LogP contribution >= 0.6 is 0 Å². The van der Waals surface area contributed by atoms with E-state index in [4.69, 9.17) is 10.2 Å². The van der Waals surface area contributed by atoms with Crippen molar-refractivity contribution in [2.75, 3.05) is 6.61 Å². The minimum Gasteiger partial charge on any atom is -0.477 e. The first kappa shape index (κ1) is 11.3. The van der Waals surface area contributed by atoms with Crippen LogP contribution in [0.2, 0.25) is 0 Å². The van der Waals surface area contributed by atoms with Crippen molar-refractivity contribution >= 4 is 5.97 Å². The maximum absolute atomic E-state index is 10.5. The van der Waals surface area contributed by atoms with E-state index in [0.717, 1.165) is 0 Å². The Labute approximate surface area is 79.2 Å². The number of aliphatic hydroxyl groups excluding tert-OH is 3. The van der Waals surface area contributed by atoms with Gasteiger partial charge in [-0.25, -0.2) is 4.79 Å². The number of hydrogen-bond acceptors (Lipinski definition) is 6. The van der Waals surface area contributed by atoms with E-state index >= 15 is 0 Å².